The number of amides is 2. The molecule has 0 aliphatic carbocycles. The van der Waals surface area contributed by atoms with Crippen molar-refractivity contribution in [3.63, 3.8) is 0 Å². The van der Waals surface area contributed by atoms with Gasteiger partial charge in [0.25, 0.3) is 11.8 Å². The number of nitrogens with zero attached hydrogens (tertiary/aromatic N) is 3. The van der Waals surface area contributed by atoms with E-state index in [-0.39, 0.29) is 17.9 Å². The summed E-state index contributed by atoms with van der Waals surface area (Å²) in [6.07, 6.45) is 3.22. The zero-order valence-electron chi connectivity index (χ0n) is 21.1. The molecular formula is C30H25N5O3S. The lowest BCUT2D eigenvalue weighted by Gasteiger charge is -2.31. The summed E-state index contributed by atoms with van der Waals surface area (Å²) in [5.41, 5.74) is 2.92. The number of hydrogen-bond acceptors (Lipinski definition) is 7. The molecule has 5 aromatic rings. The number of rotatable bonds is 6. The van der Waals surface area contributed by atoms with Crippen molar-refractivity contribution in [3.8, 4) is 5.75 Å². The highest BCUT2D eigenvalue weighted by Crippen LogP contribution is 2.39. The average Bonchev–Trinajstić information content (AvgIpc) is 3.42. The van der Waals surface area contributed by atoms with Gasteiger partial charge in [-0.3, -0.25) is 14.6 Å². The average molecular weight is 536 g/mol. The molecule has 1 unspecified atom stereocenters. The highest BCUT2D eigenvalue weighted by atomic mass is 32.1. The third-order valence-corrected chi connectivity index (χ3v) is 7.53. The van der Waals surface area contributed by atoms with E-state index in [1.807, 2.05) is 83.9 Å². The Labute approximate surface area is 229 Å². The van der Waals surface area contributed by atoms with Crippen LogP contribution in [0.1, 0.15) is 39.4 Å². The smallest absolute Gasteiger partial charge is 0.257 e. The fourth-order valence-corrected chi connectivity index (χ4v) is 5.55. The van der Waals surface area contributed by atoms with Crippen LogP contribution in [0.25, 0.3) is 10.1 Å². The van der Waals surface area contributed by atoms with Crippen LogP contribution < -0.4 is 20.3 Å². The fourth-order valence-electron chi connectivity index (χ4n) is 4.61. The summed E-state index contributed by atoms with van der Waals surface area (Å²) in [5, 5.41) is 8.75. The predicted octanol–water partition coefficient (Wildman–Crippen LogP) is 5.97. The lowest BCUT2D eigenvalue weighted by Crippen LogP contribution is -2.31. The molecule has 2 aromatic carbocycles. The first kappa shape index (κ1) is 24.6. The Hall–Kier alpha value is -4.76. The monoisotopic (exact) mass is 535 g/mol. The largest absolute Gasteiger partial charge is 0.490 e. The topological polar surface area (TPSA) is 96.5 Å². The highest BCUT2D eigenvalue weighted by Gasteiger charge is 2.25. The van der Waals surface area contributed by atoms with Gasteiger partial charge in [-0.2, -0.15) is 0 Å². The molecule has 9 heteroatoms. The van der Waals surface area contributed by atoms with Gasteiger partial charge in [0.2, 0.25) is 0 Å². The number of thiophene rings is 1. The number of ether oxygens (including phenoxy) is 1. The van der Waals surface area contributed by atoms with Crippen LogP contribution in [0.2, 0.25) is 0 Å². The first-order valence-electron chi connectivity index (χ1n) is 12.6. The number of para-hydroxylation sites is 2. The molecule has 194 valence electrons. The van der Waals surface area contributed by atoms with Crippen molar-refractivity contribution in [1.29, 1.82) is 0 Å². The molecule has 8 nitrogen and oxygen atoms in total. The van der Waals surface area contributed by atoms with Gasteiger partial charge in [-0.05, 0) is 43.3 Å². The molecule has 2 amide bonds. The summed E-state index contributed by atoms with van der Waals surface area (Å²) >= 11 is 1.52. The summed E-state index contributed by atoms with van der Waals surface area (Å²) in [4.78, 5) is 37.8. The molecule has 6 rings (SSSR count). The summed E-state index contributed by atoms with van der Waals surface area (Å²) in [5.74, 6) is 0.688. The Bertz CT molecular complexity index is 1670. The highest BCUT2D eigenvalue weighted by molar-refractivity contribution is 7.17. The molecule has 0 spiro atoms. The second kappa shape index (κ2) is 10.5. The number of benzene rings is 2. The Morgan fingerprint density at radius 3 is 2.69 bits per heavy atom. The number of carbonyl (C=O) groups excluding carboxylic acids is 2. The van der Waals surface area contributed by atoms with Crippen LogP contribution in [-0.2, 0) is 0 Å². The molecule has 0 saturated heterocycles. The molecular weight excluding hydrogens is 510 g/mol. The molecule has 1 aliphatic rings. The van der Waals surface area contributed by atoms with Crippen LogP contribution in [0.4, 0.5) is 17.2 Å². The summed E-state index contributed by atoms with van der Waals surface area (Å²) in [6, 6.07) is 22.4. The lowest BCUT2D eigenvalue weighted by molar-refractivity contribution is 0.0937. The maximum Gasteiger partial charge on any atom is 0.257 e. The van der Waals surface area contributed by atoms with E-state index in [1.54, 1.807) is 12.3 Å². The maximum atomic E-state index is 13.5. The van der Waals surface area contributed by atoms with Gasteiger partial charge in [0.05, 0.1) is 40.8 Å². The third-order valence-electron chi connectivity index (χ3n) is 6.57. The molecule has 0 radical (unpaired) electrons. The zero-order valence-corrected chi connectivity index (χ0v) is 21.9. The van der Waals surface area contributed by atoms with E-state index in [0.717, 1.165) is 27.2 Å². The van der Waals surface area contributed by atoms with Gasteiger partial charge in [-0.1, -0.05) is 36.4 Å². The number of anilines is 3. The number of nitrogens with one attached hydrogen (secondary N) is 2. The fraction of sp³-hybridized carbons (Fsp3) is 0.133. The van der Waals surface area contributed by atoms with E-state index in [0.29, 0.717) is 35.8 Å². The van der Waals surface area contributed by atoms with Crippen LogP contribution in [0.3, 0.4) is 0 Å². The first-order chi connectivity index (χ1) is 19.1. The Morgan fingerprint density at radius 2 is 1.82 bits per heavy atom. The van der Waals surface area contributed by atoms with Gasteiger partial charge < -0.3 is 20.3 Å². The van der Waals surface area contributed by atoms with Crippen LogP contribution >= 0.6 is 11.3 Å². The first-order valence-corrected chi connectivity index (χ1v) is 13.5. The van der Waals surface area contributed by atoms with E-state index < -0.39 is 0 Å². The van der Waals surface area contributed by atoms with Gasteiger partial charge in [0.15, 0.2) is 5.82 Å². The van der Waals surface area contributed by atoms with E-state index in [2.05, 4.69) is 20.6 Å². The standard InChI is InChI=1S/C30H25N5O3S/c1-19(23-9-6-7-13-31-23)33-29(36)20-16-24(34-30(37)22-18-39-27-12-5-2-8-21(22)27)28(32-17-20)35-14-15-38-26-11-4-3-10-25(26)35/h2-13,16-19H,14-15H2,1H3,(H,33,36)(H,34,37). The van der Waals surface area contributed by atoms with Crippen molar-refractivity contribution >= 4 is 50.4 Å². The van der Waals surface area contributed by atoms with Crippen molar-refractivity contribution in [1.82, 2.24) is 15.3 Å². The van der Waals surface area contributed by atoms with Crippen LogP contribution in [0.5, 0.6) is 5.75 Å². The van der Waals surface area contributed by atoms with E-state index in [9.17, 15) is 9.59 Å². The number of fused-ring (bicyclic) bond motifs is 2. The van der Waals surface area contributed by atoms with Gasteiger partial charge in [-0.25, -0.2) is 4.98 Å². The second-order valence-corrected chi connectivity index (χ2v) is 10.0. The molecule has 3 aromatic heterocycles. The predicted molar refractivity (Wildman–Crippen MR) is 153 cm³/mol. The summed E-state index contributed by atoms with van der Waals surface area (Å²) in [7, 11) is 0. The van der Waals surface area contributed by atoms with Crippen LogP contribution in [0, 0.1) is 0 Å². The van der Waals surface area contributed by atoms with Crippen molar-refractivity contribution < 1.29 is 14.3 Å². The quantitative estimate of drug-likeness (QED) is 0.278. The minimum absolute atomic E-state index is 0.267. The number of pyridine rings is 2. The Kier molecular flexibility index (Phi) is 6.64. The second-order valence-electron chi connectivity index (χ2n) is 9.11. The van der Waals surface area contributed by atoms with Crippen molar-refractivity contribution in [3.05, 3.63) is 107 Å². The molecule has 39 heavy (non-hydrogen) atoms. The molecule has 0 fully saturated rings. The number of aromatic nitrogens is 2. The molecule has 2 N–H and O–H groups in total. The van der Waals surface area contributed by atoms with Crippen LogP contribution in [0.15, 0.2) is 90.6 Å². The molecule has 4 heterocycles. The number of carbonyl (C=O) groups is 2. The summed E-state index contributed by atoms with van der Waals surface area (Å²) in [6.45, 7) is 2.87. The Balaban J connectivity index is 1.36. The van der Waals surface area contributed by atoms with Gasteiger partial charge in [0.1, 0.15) is 12.4 Å². The minimum Gasteiger partial charge on any atom is -0.490 e. The SMILES string of the molecule is CC(NC(=O)c1cnc(N2CCOc3ccccc32)c(NC(=O)c2csc3ccccc23)c1)c1ccccn1. The zero-order chi connectivity index (χ0) is 26.8. The van der Waals surface area contributed by atoms with E-state index in [1.165, 1.54) is 17.5 Å². The maximum absolute atomic E-state index is 13.5. The van der Waals surface area contributed by atoms with Crippen LogP contribution in [-0.4, -0.2) is 34.9 Å². The summed E-state index contributed by atoms with van der Waals surface area (Å²) < 4.78 is 6.85. The molecule has 1 aliphatic heterocycles. The molecule has 1 atom stereocenters. The minimum atomic E-state index is -0.314. The van der Waals surface area contributed by atoms with E-state index >= 15 is 0 Å². The number of hydrogen-bond donors (Lipinski definition) is 2. The van der Waals surface area contributed by atoms with Gasteiger partial charge >= 0.3 is 0 Å². The molecule has 0 bridgehead atoms. The van der Waals surface area contributed by atoms with Crippen molar-refractivity contribution in [2.45, 2.75) is 13.0 Å². The lowest BCUT2D eigenvalue weighted by atomic mass is 10.1. The molecule has 0 saturated carbocycles. The third kappa shape index (κ3) is 4.92. The van der Waals surface area contributed by atoms with Crippen molar-refractivity contribution in [2.75, 3.05) is 23.4 Å². The van der Waals surface area contributed by atoms with Gasteiger partial charge in [0, 0.05) is 27.9 Å². The van der Waals surface area contributed by atoms with E-state index in [4.69, 9.17) is 4.74 Å². The Morgan fingerprint density at radius 1 is 1.00 bits per heavy atom. The van der Waals surface area contributed by atoms with Crippen molar-refractivity contribution in [2.24, 2.45) is 0 Å². The van der Waals surface area contributed by atoms with Gasteiger partial charge in [-0.15, -0.1) is 11.3 Å². The normalized spacial score (nSPS) is 13.3.